The lowest BCUT2D eigenvalue weighted by Gasteiger charge is -2.14. The first-order chi connectivity index (χ1) is 17.8. The average Bonchev–Trinajstić information content (AvgIpc) is 3.46. The highest BCUT2D eigenvalue weighted by Gasteiger charge is 2.32. The van der Waals surface area contributed by atoms with Gasteiger partial charge in [-0.1, -0.05) is 85.0 Å². The molecular weight excluding hydrogens is 458 g/mol. The molecule has 2 aliphatic rings. The van der Waals surface area contributed by atoms with Gasteiger partial charge in [0.2, 0.25) is 0 Å². The summed E-state index contributed by atoms with van der Waals surface area (Å²) in [7, 11) is 0. The third-order valence-corrected chi connectivity index (χ3v) is 8.54. The van der Waals surface area contributed by atoms with E-state index in [1.165, 1.54) is 32.3 Å². The van der Waals surface area contributed by atoms with Crippen LogP contribution in [0.15, 0.2) is 125 Å². The van der Waals surface area contributed by atoms with Crippen molar-refractivity contribution in [2.75, 3.05) is 0 Å². The molecule has 0 radical (unpaired) electrons. The number of rotatable bonds is 4. The molecule has 2 heterocycles. The molecule has 0 bridgehead atoms. The molecule has 1 aliphatic heterocycles. The first-order valence-corrected chi connectivity index (χ1v) is 13.2. The van der Waals surface area contributed by atoms with Crippen LogP contribution in [0.4, 0.5) is 0 Å². The Bertz CT molecular complexity index is 1690. The number of fused-ring (bicyclic) bond motifs is 6. The quantitative estimate of drug-likeness (QED) is 0.214. The molecule has 5 aromatic rings. The molecule has 4 aromatic carbocycles. The summed E-state index contributed by atoms with van der Waals surface area (Å²) in [6, 6.07) is 32.2. The molecule has 0 saturated carbocycles. The van der Waals surface area contributed by atoms with Crippen LogP contribution in [0.5, 0.6) is 0 Å². The van der Waals surface area contributed by atoms with Crippen molar-refractivity contribution in [1.29, 1.82) is 0 Å². The van der Waals surface area contributed by atoms with Gasteiger partial charge in [-0.05, 0) is 41.5 Å². The van der Waals surface area contributed by atoms with Crippen LogP contribution in [0, 0.1) is 0 Å². The first kappa shape index (κ1) is 21.3. The van der Waals surface area contributed by atoms with Crippen molar-refractivity contribution in [3.8, 4) is 5.69 Å². The number of nitrogens with zero attached hydrogens (tertiary/aromatic N) is 2. The molecule has 4 heteroatoms. The number of hydrogen-bond donors (Lipinski definition) is 1. The zero-order valence-electron chi connectivity index (χ0n) is 19.7. The smallest absolute Gasteiger partial charge is 0.125 e. The van der Waals surface area contributed by atoms with Crippen LogP contribution in [-0.4, -0.2) is 15.7 Å². The first-order valence-electron chi connectivity index (χ1n) is 12.3. The van der Waals surface area contributed by atoms with E-state index in [-0.39, 0.29) is 0 Å². The summed E-state index contributed by atoms with van der Waals surface area (Å²) in [6.45, 7) is 0.558. The summed E-state index contributed by atoms with van der Waals surface area (Å²) >= 11 is 1.98. The van der Waals surface area contributed by atoms with E-state index < -0.39 is 0 Å². The largest absolute Gasteiger partial charge is 0.383 e. The Hall–Kier alpha value is -4.02. The summed E-state index contributed by atoms with van der Waals surface area (Å²) in [4.78, 5) is 5.99. The Morgan fingerprint density at radius 2 is 1.58 bits per heavy atom. The number of amidine groups is 1. The molecule has 1 aliphatic carbocycles. The third kappa shape index (κ3) is 3.49. The molecule has 2 atom stereocenters. The van der Waals surface area contributed by atoms with Gasteiger partial charge in [-0.3, -0.25) is 4.99 Å². The zero-order chi connectivity index (χ0) is 24.1. The van der Waals surface area contributed by atoms with E-state index in [2.05, 4.69) is 94.5 Å². The van der Waals surface area contributed by atoms with Gasteiger partial charge in [-0.15, -0.1) is 11.8 Å². The summed E-state index contributed by atoms with van der Waals surface area (Å²) < 4.78 is 2.39. The topological polar surface area (TPSA) is 43.3 Å². The summed E-state index contributed by atoms with van der Waals surface area (Å²) in [5, 5.41) is 3.11. The number of benzene rings is 4. The fourth-order valence-electron chi connectivity index (χ4n) is 5.41. The fourth-order valence-corrected chi connectivity index (χ4v) is 6.76. The van der Waals surface area contributed by atoms with Gasteiger partial charge >= 0.3 is 0 Å². The van der Waals surface area contributed by atoms with Crippen molar-refractivity contribution in [2.24, 2.45) is 10.7 Å². The van der Waals surface area contributed by atoms with Gasteiger partial charge in [0, 0.05) is 38.1 Å². The number of thioether (sulfide) groups is 1. The number of aromatic nitrogens is 1. The van der Waals surface area contributed by atoms with E-state index in [0.29, 0.717) is 23.5 Å². The van der Waals surface area contributed by atoms with Gasteiger partial charge in [0.25, 0.3) is 0 Å². The Morgan fingerprint density at radius 3 is 2.44 bits per heavy atom. The minimum atomic E-state index is 0.463. The Morgan fingerprint density at radius 1 is 0.806 bits per heavy atom. The van der Waals surface area contributed by atoms with Crippen molar-refractivity contribution in [3.05, 3.63) is 132 Å². The SMILES string of the molecule is N/C(=N\Cc1ccc(-n2c3ccccc3c3cc4c(cc32)SC2C=CC=CC42)cc1)c1ccccc1. The normalized spacial score (nSPS) is 18.6. The number of hydrogen-bond acceptors (Lipinski definition) is 2. The second kappa shape index (κ2) is 8.58. The Kier molecular flexibility index (Phi) is 5.07. The van der Waals surface area contributed by atoms with Crippen molar-refractivity contribution in [1.82, 2.24) is 4.57 Å². The second-order valence-corrected chi connectivity index (χ2v) is 10.6. The standard InChI is InChI=1S/C32H25N3S/c33-32(22-8-2-1-3-9-22)34-20-21-14-16-23(17-15-21)35-28-12-6-4-10-24(28)26-18-27-25-11-5-7-13-30(25)36-31(27)19-29(26)35/h1-19,25,30H,20H2,(H2,33,34). The maximum Gasteiger partial charge on any atom is 0.125 e. The highest BCUT2D eigenvalue weighted by atomic mass is 32.2. The molecule has 0 saturated heterocycles. The summed E-state index contributed by atoms with van der Waals surface area (Å²) in [5.41, 5.74) is 13.4. The third-order valence-electron chi connectivity index (χ3n) is 7.21. The lowest BCUT2D eigenvalue weighted by molar-refractivity contribution is 0.883. The molecule has 36 heavy (non-hydrogen) atoms. The van der Waals surface area contributed by atoms with Crippen molar-refractivity contribution in [3.63, 3.8) is 0 Å². The maximum absolute atomic E-state index is 6.20. The van der Waals surface area contributed by atoms with E-state index in [4.69, 9.17) is 5.73 Å². The van der Waals surface area contributed by atoms with Gasteiger partial charge in [-0.2, -0.15) is 0 Å². The highest BCUT2D eigenvalue weighted by Crippen LogP contribution is 2.50. The molecular formula is C32H25N3S. The predicted octanol–water partition coefficient (Wildman–Crippen LogP) is 7.37. The maximum atomic E-state index is 6.20. The fraction of sp³-hybridized carbons (Fsp3) is 0.0938. The van der Waals surface area contributed by atoms with Crippen molar-refractivity contribution in [2.45, 2.75) is 22.6 Å². The average molecular weight is 484 g/mol. The second-order valence-electron chi connectivity index (χ2n) is 9.37. The van der Waals surface area contributed by atoms with Crippen LogP contribution in [0.3, 0.4) is 0 Å². The lowest BCUT2D eigenvalue weighted by Crippen LogP contribution is -2.13. The molecule has 1 aromatic heterocycles. The van der Waals surface area contributed by atoms with Gasteiger partial charge in [-0.25, -0.2) is 0 Å². The molecule has 0 fully saturated rings. The monoisotopic (exact) mass is 483 g/mol. The van der Waals surface area contributed by atoms with Gasteiger partial charge in [0.05, 0.1) is 17.6 Å². The molecule has 7 rings (SSSR count). The van der Waals surface area contributed by atoms with Gasteiger partial charge in [0.15, 0.2) is 0 Å². The van der Waals surface area contributed by atoms with Crippen molar-refractivity contribution < 1.29 is 0 Å². The van der Waals surface area contributed by atoms with Gasteiger partial charge < -0.3 is 10.3 Å². The molecule has 3 nitrogen and oxygen atoms in total. The van der Waals surface area contributed by atoms with Crippen LogP contribution < -0.4 is 5.73 Å². The highest BCUT2D eigenvalue weighted by molar-refractivity contribution is 8.00. The summed E-state index contributed by atoms with van der Waals surface area (Å²) in [6.07, 6.45) is 9.04. The minimum absolute atomic E-state index is 0.463. The van der Waals surface area contributed by atoms with Crippen LogP contribution in [-0.2, 0) is 6.54 Å². The van der Waals surface area contributed by atoms with E-state index in [0.717, 1.165) is 16.8 Å². The lowest BCUT2D eigenvalue weighted by atomic mass is 9.91. The molecule has 0 spiro atoms. The zero-order valence-corrected chi connectivity index (χ0v) is 20.5. The van der Waals surface area contributed by atoms with Crippen LogP contribution in [0.25, 0.3) is 27.5 Å². The van der Waals surface area contributed by atoms with E-state index in [9.17, 15) is 0 Å². The number of para-hydroxylation sites is 1. The van der Waals surface area contributed by atoms with E-state index >= 15 is 0 Å². The summed E-state index contributed by atoms with van der Waals surface area (Å²) in [5.74, 6) is 1.03. The number of nitrogens with two attached hydrogens (primary N) is 1. The number of aliphatic imine (C=N–C) groups is 1. The molecule has 174 valence electrons. The number of allylic oxidation sites excluding steroid dienone is 3. The molecule has 0 amide bonds. The van der Waals surface area contributed by atoms with Crippen LogP contribution >= 0.6 is 11.8 Å². The van der Waals surface area contributed by atoms with Crippen molar-refractivity contribution >= 4 is 39.4 Å². The van der Waals surface area contributed by atoms with Crippen LogP contribution in [0.1, 0.15) is 22.6 Å². The minimum Gasteiger partial charge on any atom is -0.383 e. The predicted molar refractivity (Wildman–Crippen MR) is 152 cm³/mol. The molecule has 2 unspecified atom stereocenters. The Labute approximate surface area is 214 Å². The van der Waals surface area contributed by atoms with E-state index in [1.54, 1.807) is 0 Å². The van der Waals surface area contributed by atoms with Gasteiger partial charge in [0.1, 0.15) is 5.84 Å². The van der Waals surface area contributed by atoms with E-state index in [1.807, 2.05) is 42.1 Å². The Balaban J connectivity index is 1.28. The molecule has 2 N–H and O–H groups in total. The van der Waals surface area contributed by atoms with Crippen LogP contribution in [0.2, 0.25) is 0 Å².